The lowest BCUT2D eigenvalue weighted by atomic mass is 10.3. The van der Waals surface area contributed by atoms with Crippen molar-refractivity contribution in [2.75, 3.05) is 13.2 Å². The summed E-state index contributed by atoms with van der Waals surface area (Å²) < 4.78 is 19.8. The number of hydrogen-bond acceptors (Lipinski definition) is 4. The highest BCUT2D eigenvalue weighted by Gasteiger charge is 2.32. The molecule has 0 aromatic heterocycles. The van der Waals surface area contributed by atoms with Crippen molar-refractivity contribution in [3.05, 3.63) is 0 Å². The van der Waals surface area contributed by atoms with Gasteiger partial charge in [-0.05, 0) is 38.1 Å². The van der Waals surface area contributed by atoms with E-state index in [9.17, 15) is 4.57 Å². The third kappa shape index (κ3) is 4.74. The maximum absolute atomic E-state index is 12.7. The number of rotatable bonds is 9. The fourth-order valence-electron chi connectivity index (χ4n) is 1.26. The molecule has 96 valence electrons. The van der Waals surface area contributed by atoms with Crippen molar-refractivity contribution in [1.29, 1.82) is 0 Å². The number of thiocarbonyl (C=S) groups is 1. The summed E-state index contributed by atoms with van der Waals surface area (Å²) in [5, 5.41) is 0.362. The van der Waals surface area contributed by atoms with E-state index in [1.54, 1.807) is 4.67 Å². The van der Waals surface area contributed by atoms with Gasteiger partial charge in [-0.2, -0.15) is 0 Å². The molecule has 0 bridgehead atoms. The van der Waals surface area contributed by atoms with Crippen molar-refractivity contribution in [1.82, 2.24) is 4.67 Å². The Labute approximate surface area is 109 Å². The maximum Gasteiger partial charge on any atom is 0.354 e. The molecule has 0 fully saturated rings. The van der Waals surface area contributed by atoms with Gasteiger partial charge in [0, 0.05) is 11.8 Å². The van der Waals surface area contributed by atoms with E-state index in [1.807, 2.05) is 13.8 Å². The summed E-state index contributed by atoms with van der Waals surface area (Å²) in [5.41, 5.74) is 1.45. The van der Waals surface area contributed by atoms with Gasteiger partial charge in [0.1, 0.15) is 0 Å². The van der Waals surface area contributed by atoms with Gasteiger partial charge < -0.3 is 4.52 Å². The highest BCUT2D eigenvalue weighted by molar-refractivity contribution is 8.56. The minimum absolute atomic E-state index is 0.362. The number of nitrogens with zero attached hydrogens (tertiary/aromatic N) is 1. The summed E-state index contributed by atoms with van der Waals surface area (Å²) in [7, 11) is 0. The Kier molecular flexibility index (Phi) is 8.74. The first-order valence-electron chi connectivity index (χ1n) is 5.73. The average Bonchev–Trinajstić information content (AvgIpc) is 2.28. The van der Waals surface area contributed by atoms with Gasteiger partial charge in [0.05, 0.1) is 12.1 Å². The van der Waals surface area contributed by atoms with E-state index < -0.39 is 6.72 Å². The first-order valence-corrected chi connectivity index (χ1v) is 9.26. The van der Waals surface area contributed by atoms with Gasteiger partial charge in [0.15, 0.2) is 0 Å². The van der Waals surface area contributed by atoms with Gasteiger partial charge in [-0.1, -0.05) is 26.1 Å². The minimum atomic E-state index is -2.83. The van der Waals surface area contributed by atoms with Crippen LogP contribution in [0, 0.1) is 0 Å². The van der Waals surface area contributed by atoms with E-state index >= 15 is 0 Å². The molecule has 0 rings (SSSR count). The van der Waals surface area contributed by atoms with Crippen LogP contribution in [-0.4, -0.2) is 28.6 Å². The second kappa shape index (κ2) is 8.51. The zero-order valence-corrected chi connectivity index (χ0v) is 13.0. The molecule has 0 heterocycles. The van der Waals surface area contributed by atoms with E-state index in [-0.39, 0.29) is 0 Å². The summed E-state index contributed by atoms with van der Waals surface area (Å²) in [6.07, 6.45) is 1.99. The van der Waals surface area contributed by atoms with Gasteiger partial charge in [-0.3, -0.25) is 9.24 Å². The Morgan fingerprint density at radius 1 is 1.38 bits per heavy atom. The first-order chi connectivity index (χ1) is 7.57. The van der Waals surface area contributed by atoms with Crippen LogP contribution in [0.15, 0.2) is 0 Å². The summed E-state index contributed by atoms with van der Waals surface area (Å²) in [5.74, 6) is 0. The molecule has 0 radical (unpaired) electrons. The Bertz CT molecular complexity index is 247. The van der Waals surface area contributed by atoms with Gasteiger partial charge in [-0.25, -0.2) is 0 Å². The fourth-order valence-corrected chi connectivity index (χ4v) is 7.13. The standard InChI is InChI=1S/C10H22NO2PS2/c1-5-10(6-2)16-14(12,13-8-4)11(7-3)9-15/h9-10H,5-8H2,1-4H3. The largest absolute Gasteiger partial charge is 0.354 e. The Morgan fingerprint density at radius 2 is 1.94 bits per heavy atom. The maximum atomic E-state index is 12.7. The molecule has 0 spiro atoms. The molecule has 6 heteroatoms. The SMILES string of the molecule is CCOP(=O)(SC(CC)CC)N(C=S)CC. The van der Waals surface area contributed by atoms with Crippen LogP contribution in [0.25, 0.3) is 0 Å². The second-order valence-electron chi connectivity index (χ2n) is 3.29. The van der Waals surface area contributed by atoms with Crippen LogP contribution >= 0.6 is 30.3 Å². The van der Waals surface area contributed by atoms with E-state index in [2.05, 4.69) is 13.8 Å². The summed E-state index contributed by atoms with van der Waals surface area (Å²) in [4.78, 5) is 0. The molecule has 0 aromatic carbocycles. The summed E-state index contributed by atoms with van der Waals surface area (Å²) >= 11 is 6.33. The van der Waals surface area contributed by atoms with Crippen LogP contribution in [0.3, 0.4) is 0 Å². The third-order valence-corrected chi connectivity index (χ3v) is 8.14. The molecular weight excluding hydrogens is 261 g/mol. The Morgan fingerprint density at radius 3 is 2.25 bits per heavy atom. The Balaban J connectivity index is 4.79. The van der Waals surface area contributed by atoms with Crippen molar-refractivity contribution in [3.8, 4) is 0 Å². The minimum Gasteiger partial charge on any atom is -0.306 e. The molecule has 0 aliphatic carbocycles. The molecular formula is C10H22NO2PS2. The lowest BCUT2D eigenvalue weighted by Crippen LogP contribution is -2.18. The van der Waals surface area contributed by atoms with E-state index in [0.29, 0.717) is 18.4 Å². The van der Waals surface area contributed by atoms with Crippen molar-refractivity contribution in [2.45, 2.75) is 45.8 Å². The lowest BCUT2D eigenvalue weighted by molar-refractivity contribution is 0.320. The molecule has 1 unspecified atom stereocenters. The Hall–Kier alpha value is 0.430. The predicted octanol–water partition coefficient (Wildman–Crippen LogP) is 4.33. The zero-order valence-electron chi connectivity index (χ0n) is 10.5. The quantitative estimate of drug-likeness (QED) is 0.464. The van der Waals surface area contributed by atoms with Crippen molar-refractivity contribution in [3.63, 3.8) is 0 Å². The van der Waals surface area contributed by atoms with Crippen LogP contribution in [0.2, 0.25) is 0 Å². The van der Waals surface area contributed by atoms with Gasteiger partial charge in [0.2, 0.25) is 0 Å². The second-order valence-corrected chi connectivity index (χ2v) is 8.11. The average molecular weight is 283 g/mol. The number of hydrogen-bond donors (Lipinski definition) is 0. The normalized spacial score (nSPS) is 14.8. The first kappa shape index (κ1) is 16.4. The molecule has 0 aliphatic heterocycles. The molecule has 0 aromatic rings. The fraction of sp³-hybridized carbons (Fsp3) is 0.900. The van der Waals surface area contributed by atoms with Crippen LogP contribution < -0.4 is 0 Å². The van der Waals surface area contributed by atoms with Crippen LogP contribution in [0.5, 0.6) is 0 Å². The lowest BCUT2D eigenvalue weighted by Gasteiger charge is -2.29. The van der Waals surface area contributed by atoms with E-state index in [1.165, 1.54) is 16.9 Å². The van der Waals surface area contributed by atoms with Crippen LogP contribution in [-0.2, 0) is 9.09 Å². The monoisotopic (exact) mass is 283 g/mol. The molecule has 0 saturated carbocycles. The molecule has 0 aliphatic rings. The van der Waals surface area contributed by atoms with E-state index in [0.717, 1.165) is 12.8 Å². The van der Waals surface area contributed by atoms with Gasteiger partial charge >= 0.3 is 6.72 Å². The van der Waals surface area contributed by atoms with Crippen molar-refractivity contribution >= 4 is 35.8 Å². The topological polar surface area (TPSA) is 29.5 Å². The van der Waals surface area contributed by atoms with Crippen molar-refractivity contribution in [2.24, 2.45) is 0 Å². The molecule has 0 amide bonds. The van der Waals surface area contributed by atoms with E-state index in [4.69, 9.17) is 16.7 Å². The molecule has 3 nitrogen and oxygen atoms in total. The van der Waals surface area contributed by atoms with Gasteiger partial charge in [0.25, 0.3) is 0 Å². The highest BCUT2D eigenvalue weighted by atomic mass is 32.7. The van der Waals surface area contributed by atoms with Gasteiger partial charge in [-0.15, -0.1) is 0 Å². The van der Waals surface area contributed by atoms with Crippen molar-refractivity contribution < 1.29 is 9.09 Å². The third-order valence-electron chi connectivity index (χ3n) is 2.25. The molecule has 0 N–H and O–H groups in total. The highest BCUT2D eigenvalue weighted by Crippen LogP contribution is 2.64. The smallest absolute Gasteiger partial charge is 0.306 e. The van der Waals surface area contributed by atoms with Crippen LogP contribution in [0.4, 0.5) is 0 Å². The summed E-state index contributed by atoms with van der Waals surface area (Å²) in [6.45, 7) is 6.23. The zero-order chi connectivity index (χ0) is 12.6. The molecule has 1 atom stereocenters. The molecule has 16 heavy (non-hydrogen) atoms. The molecule has 0 saturated heterocycles. The van der Waals surface area contributed by atoms with Crippen LogP contribution in [0.1, 0.15) is 40.5 Å². The summed E-state index contributed by atoms with van der Waals surface area (Å²) in [6, 6.07) is 0. The predicted molar refractivity (Wildman–Crippen MR) is 77.2 cm³/mol.